The van der Waals surface area contributed by atoms with E-state index in [4.69, 9.17) is 5.73 Å². The molecule has 1 aliphatic heterocycles. The zero-order valence-electron chi connectivity index (χ0n) is 41.7. The maximum absolute atomic E-state index is 14.7. The Labute approximate surface area is 430 Å². The van der Waals surface area contributed by atoms with E-state index in [1.807, 2.05) is 49.4 Å². The van der Waals surface area contributed by atoms with Crippen molar-refractivity contribution in [3.8, 4) is 5.75 Å². The number of hydrogen-bond acceptors (Lipinski definition) is 13. The summed E-state index contributed by atoms with van der Waals surface area (Å²) in [5.74, 6) is -8.18. The van der Waals surface area contributed by atoms with E-state index in [2.05, 4.69) is 31.9 Å². The second-order valence-corrected chi connectivity index (χ2v) is 21.0. The maximum atomic E-state index is 14.7. The molecule has 3 aromatic rings. The van der Waals surface area contributed by atoms with E-state index >= 15 is 0 Å². The number of ketones is 2. The smallest absolute Gasteiger partial charge is 0.307 e. The molecule has 0 saturated carbocycles. The van der Waals surface area contributed by atoms with Gasteiger partial charge in [-0.15, -0.1) is 0 Å². The van der Waals surface area contributed by atoms with Crippen molar-refractivity contribution in [1.29, 1.82) is 0 Å². The summed E-state index contributed by atoms with van der Waals surface area (Å²) in [5, 5.41) is 37.2. The van der Waals surface area contributed by atoms with Crippen LogP contribution in [0.3, 0.4) is 0 Å². The molecule has 390 valence electrons. The molecule has 0 aromatic heterocycles. The summed E-state index contributed by atoms with van der Waals surface area (Å²) in [6.07, 6.45) is 4.00. The van der Waals surface area contributed by atoms with Crippen molar-refractivity contribution in [2.24, 2.45) is 23.5 Å². The molecule has 0 radical (unpaired) electrons. The van der Waals surface area contributed by atoms with Crippen LogP contribution in [0.5, 0.6) is 5.75 Å². The van der Waals surface area contributed by atoms with Crippen molar-refractivity contribution < 1.29 is 48.6 Å². The first-order valence-electron chi connectivity index (χ1n) is 24.4. The van der Waals surface area contributed by atoms with E-state index in [1.165, 1.54) is 12.1 Å². The van der Waals surface area contributed by atoms with Gasteiger partial charge in [0.2, 0.25) is 29.5 Å². The molecule has 17 nitrogen and oxygen atoms in total. The van der Waals surface area contributed by atoms with E-state index in [1.54, 1.807) is 64.2 Å². The lowest BCUT2D eigenvalue weighted by Crippen LogP contribution is -2.60. The van der Waals surface area contributed by atoms with Gasteiger partial charge in [-0.25, -0.2) is 0 Å². The molecular formula is C53H71N7O10S2. The third-order valence-corrected chi connectivity index (χ3v) is 15.0. The average Bonchev–Trinajstić information content (AvgIpc) is 3.35. The van der Waals surface area contributed by atoms with Gasteiger partial charge in [-0.1, -0.05) is 114 Å². The van der Waals surface area contributed by atoms with Crippen LogP contribution in [0.4, 0.5) is 0 Å². The Morgan fingerprint density at radius 1 is 0.694 bits per heavy atom. The lowest BCUT2D eigenvalue weighted by atomic mass is 9.89. The van der Waals surface area contributed by atoms with Gasteiger partial charge in [0, 0.05) is 43.6 Å². The molecule has 10 N–H and O–H groups in total. The highest BCUT2D eigenvalue weighted by Gasteiger charge is 2.36. The minimum Gasteiger partial charge on any atom is -0.508 e. The zero-order chi connectivity index (χ0) is 52.7. The number of likely N-dealkylation sites (N-methyl/N-ethyl adjacent to an activating group) is 1. The fraction of sp³-hybridized carbons (Fsp3) is 0.472. The normalized spacial score (nSPS) is 21.9. The molecule has 1 heterocycles. The molecule has 0 unspecified atom stereocenters. The maximum Gasteiger partial charge on any atom is 0.307 e. The molecule has 1 fully saturated rings. The molecule has 72 heavy (non-hydrogen) atoms. The second-order valence-electron chi connectivity index (χ2n) is 18.4. The average molecular weight is 1030 g/mol. The number of Topliss-reactive ketones (excluding diaryl/α,β-unsaturated/α-hetero) is 2. The Kier molecular flexibility index (Phi) is 24.5. The summed E-state index contributed by atoms with van der Waals surface area (Å²) >= 11 is 0. The van der Waals surface area contributed by atoms with Crippen molar-refractivity contribution in [3.05, 3.63) is 107 Å². The van der Waals surface area contributed by atoms with Gasteiger partial charge < -0.3 is 47.8 Å². The standard InChI is InChI=1S/C53H71N7O10S2/c1-6-12-34-16-18-36(19-17-34)26-43-50(66)56-41(15-10-11-24-54)49(65)58-44(27-37-20-22-39(61)23-21-37)52(68)60-45(47(63)29-40(32(2)3)53(69)70)31-72-71-30-38(28-46(62)33(4)55-5)48(64)57-42(51(67)59-43)25-35-13-8-7-9-14-35/h6-9,12-14,16-23,32-33,38,40-45,55,61H,10-11,15,24-31,54H2,1-5H3,(H,56,66)(H,57,64)(H,58,65)(H,59,67)(H,60,68)(H,69,70)/b12-6+/t33-,38-,40-,41-,42-,43-,44-,45-/m0/s1. The first-order chi connectivity index (χ1) is 34.4. The summed E-state index contributed by atoms with van der Waals surface area (Å²) in [6.45, 7) is 7.20. The Bertz CT molecular complexity index is 2320. The number of carbonyl (C=O) groups excluding carboxylic acids is 7. The van der Waals surface area contributed by atoms with Crippen molar-refractivity contribution in [3.63, 3.8) is 0 Å². The predicted octanol–water partition coefficient (Wildman–Crippen LogP) is 3.90. The van der Waals surface area contributed by atoms with Gasteiger partial charge in [-0.2, -0.15) is 0 Å². The van der Waals surface area contributed by atoms with E-state index in [0.29, 0.717) is 36.1 Å². The Morgan fingerprint density at radius 2 is 1.19 bits per heavy atom. The second kappa shape index (κ2) is 30.1. The Hall–Kier alpha value is -6.02. The van der Waals surface area contributed by atoms with Crippen molar-refractivity contribution in [2.75, 3.05) is 25.1 Å². The Morgan fingerprint density at radius 3 is 1.72 bits per heavy atom. The number of unbranched alkanes of at least 4 members (excludes halogenated alkanes) is 1. The molecule has 8 atom stereocenters. The number of phenolic OH excluding ortho intramolecular Hbond substituents is 1. The van der Waals surface area contributed by atoms with Crippen LogP contribution in [0.1, 0.15) is 82.1 Å². The van der Waals surface area contributed by atoms with Crippen LogP contribution >= 0.6 is 21.6 Å². The summed E-state index contributed by atoms with van der Waals surface area (Å²) in [7, 11) is 3.91. The van der Waals surface area contributed by atoms with E-state index in [-0.39, 0.29) is 55.1 Å². The number of phenols is 1. The molecule has 4 rings (SSSR count). The quantitative estimate of drug-likeness (QED) is 0.0574. The molecule has 1 aliphatic rings. The highest BCUT2D eigenvalue weighted by Crippen LogP contribution is 2.28. The number of nitrogens with one attached hydrogen (secondary N) is 6. The van der Waals surface area contributed by atoms with Gasteiger partial charge in [0.05, 0.1) is 23.9 Å². The van der Waals surface area contributed by atoms with Gasteiger partial charge in [0.1, 0.15) is 35.7 Å². The van der Waals surface area contributed by atoms with Crippen LogP contribution in [-0.2, 0) is 57.6 Å². The van der Waals surface area contributed by atoms with Gasteiger partial charge >= 0.3 is 5.97 Å². The summed E-state index contributed by atoms with van der Waals surface area (Å²) in [6, 6.07) is 15.3. The van der Waals surface area contributed by atoms with Gasteiger partial charge in [-0.3, -0.25) is 38.4 Å². The van der Waals surface area contributed by atoms with Crippen molar-refractivity contribution in [1.82, 2.24) is 31.9 Å². The van der Waals surface area contributed by atoms with Crippen LogP contribution in [0.25, 0.3) is 6.08 Å². The third-order valence-electron chi connectivity index (χ3n) is 12.5. The number of carboxylic acid groups (broad SMARTS) is 1. The van der Waals surface area contributed by atoms with Crippen molar-refractivity contribution in [2.45, 2.75) is 115 Å². The number of carboxylic acids is 1. The number of aromatic hydroxyl groups is 1. The topological polar surface area (TPSA) is 275 Å². The minimum absolute atomic E-state index is 0.0179. The van der Waals surface area contributed by atoms with Crippen LogP contribution in [0.15, 0.2) is 84.9 Å². The summed E-state index contributed by atoms with van der Waals surface area (Å²) < 4.78 is 0. The van der Waals surface area contributed by atoms with Gasteiger partial charge in [0.15, 0.2) is 5.78 Å². The van der Waals surface area contributed by atoms with E-state index < -0.39 is 102 Å². The SMILES string of the molecule is C/C=C/c1ccc(C[C@@H]2NC(=O)[C@H](Cc3ccccc3)NC(=O)[C@@H](CC(=O)[C@H](C)NC)CSSC[C@@H](C(=O)C[C@H](C(=O)O)C(C)C)NC(=O)[C@H](Cc3ccc(O)cc3)NC(=O)[C@H](CCCCN)NC2=O)cc1. The number of carbonyl (C=O) groups is 8. The van der Waals surface area contributed by atoms with Crippen molar-refractivity contribution >= 4 is 74.7 Å². The number of benzene rings is 3. The lowest BCUT2D eigenvalue weighted by Gasteiger charge is -2.28. The number of nitrogens with two attached hydrogens (primary N) is 1. The highest BCUT2D eigenvalue weighted by atomic mass is 33.1. The van der Waals surface area contributed by atoms with Crippen LogP contribution in [-0.4, -0.2) is 119 Å². The number of rotatable bonds is 20. The highest BCUT2D eigenvalue weighted by molar-refractivity contribution is 8.76. The van der Waals surface area contributed by atoms with E-state index in [0.717, 1.165) is 27.2 Å². The molecular weight excluding hydrogens is 959 g/mol. The molecule has 19 heteroatoms. The molecule has 0 spiro atoms. The number of hydrogen-bond donors (Lipinski definition) is 9. The molecule has 0 aliphatic carbocycles. The fourth-order valence-corrected chi connectivity index (χ4v) is 10.4. The largest absolute Gasteiger partial charge is 0.508 e. The van der Waals surface area contributed by atoms with Crippen LogP contribution in [0, 0.1) is 17.8 Å². The summed E-state index contributed by atoms with van der Waals surface area (Å²) in [4.78, 5) is 113. The van der Waals surface area contributed by atoms with Crippen LogP contribution in [0.2, 0.25) is 0 Å². The molecule has 1 saturated heterocycles. The first-order valence-corrected chi connectivity index (χ1v) is 26.9. The first kappa shape index (κ1) is 58.5. The van der Waals surface area contributed by atoms with Gasteiger partial charge in [-0.05, 0) is 87.0 Å². The molecule has 0 bridgehead atoms. The predicted molar refractivity (Wildman–Crippen MR) is 282 cm³/mol. The zero-order valence-corrected chi connectivity index (χ0v) is 43.3. The molecule has 5 amide bonds. The van der Waals surface area contributed by atoms with E-state index in [9.17, 15) is 48.6 Å². The van der Waals surface area contributed by atoms with Crippen LogP contribution < -0.4 is 37.6 Å². The number of aliphatic carboxylic acids is 1. The summed E-state index contributed by atoms with van der Waals surface area (Å²) in [5.41, 5.74) is 8.66. The lowest BCUT2D eigenvalue weighted by molar-refractivity contribution is -0.145. The Balaban J connectivity index is 1.86. The van der Waals surface area contributed by atoms with Gasteiger partial charge in [0.25, 0.3) is 0 Å². The minimum atomic E-state index is -1.35. The fourth-order valence-electron chi connectivity index (χ4n) is 7.92. The monoisotopic (exact) mass is 1030 g/mol. The number of amides is 5. The molecule has 3 aromatic carbocycles. The third kappa shape index (κ3) is 19.2. The number of allylic oxidation sites excluding steroid dienone is 1.